The number of thiocarbonyl (C=S) groups is 1. The van der Waals surface area contributed by atoms with Crippen LogP contribution >= 0.6 is 23.8 Å². The molecule has 5 nitrogen and oxygen atoms in total. The minimum Gasteiger partial charge on any atom is -0.465 e. The number of anilines is 1. The van der Waals surface area contributed by atoms with E-state index in [4.69, 9.17) is 28.6 Å². The molecule has 0 fully saturated rings. The number of ether oxygens (including phenoxy) is 1. The van der Waals surface area contributed by atoms with Crippen molar-refractivity contribution in [3.63, 3.8) is 0 Å². The monoisotopic (exact) mass is 432 g/mol. The zero-order valence-electron chi connectivity index (χ0n) is 16.9. The van der Waals surface area contributed by atoms with Gasteiger partial charge in [0, 0.05) is 13.5 Å². The fraction of sp³-hybridized carbons (Fsp3) is 0.318. The minimum absolute atomic E-state index is 0.0603. The Morgan fingerprint density at radius 3 is 2.38 bits per heavy atom. The number of benzene rings is 2. The molecule has 2 rings (SSSR count). The number of methoxy groups -OCH3 is 1. The molecule has 0 aliphatic rings. The maximum Gasteiger partial charge on any atom is 0.337 e. The van der Waals surface area contributed by atoms with E-state index in [-0.39, 0.29) is 17.9 Å². The molecule has 0 aromatic heterocycles. The van der Waals surface area contributed by atoms with Crippen molar-refractivity contribution in [2.24, 2.45) is 5.92 Å². The summed E-state index contributed by atoms with van der Waals surface area (Å²) < 4.78 is 4.76. The Balaban J connectivity index is 2.30. The van der Waals surface area contributed by atoms with Gasteiger partial charge in [0.25, 0.3) is 0 Å². The summed E-state index contributed by atoms with van der Waals surface area (Å²) in [4.78, 5) is 26.5. The minimum atomic E-state index is -0.467. The third-order valence-electron chi connectivity index (χ3n) is 4.48. The van der Waals surface area contributed by atoms with Crippen molar-refractivity contribution in [1.82, 2.24) is 4.90 Å². The van der Waals surface area contributed by atoms with E-state index >= 15 is 0 Å². The molecular formula is C22H25ClN2O3S. The first-order valence-corrected chi connectivity index (χ1v) is 10.0. The molecule has 1 amide bonds. The van der Waals surface area contributed by atoms with Crippen molar-refractivity contribution in [1.29, 1.82) is 0 Å². The summed E-state index contributed by atoms with van der Waals surface area (Å²) in [5.41, 5.74) is 1.87. The molecule has 2 aromatic carbocycles. The number of carbonyl (C=O) groups is 2. The average molecular weight is 433 g/mol. The number of rotatable bonds is 7. The summed E-state index contributed by atoms with van der Waals surface area (Å²) in [5, 5.41) is 3.55. The van der Waals surface area contributed by atoms with Crippen LogP contribution in [0.15, 0.2) is 48.5 Å². The Morgan fingerprint density at radius 2 is 1.83 bits per heavy atom. The van der Waals surface area contributed by atoms with Crippen molar-refractivity contribution in [3.8, 4) is 0 Å². The lowest BCUT2D eigenvalue weighted by molar-refractivity contribution is -0.131. The molecule has 0 aliphatic heterocycles. The summed E-state index contributed by atoms with van der Waals surface area (Å²) in [6.07, 6.45) is 0. The molecule has 0 radical (unpaired) electrons. The van der Waals surface area contributed by atoms with Crippen molar-refractivity contribution in [2.45, 2.75) is 33.4 Å². The summed E-state index contributed by atoms with van der Waals surface area (Å²) >= 11 is 12.0. The zero-order chi connectivity index (χ0) is 21.6. The summed E-state index contributed by atoms with van der Waals surface area (Å²) in [6, 6.07) is 14.2. The second kappa shape index (κ2) is 10.4. The van der Waals surface area contributed by atoms with Gasteiger partial charge in [-0.2, -0.15) is 0 Å². The highest BCUT2D eigenvalue weighted by molar-refractivity contribution is 7.80. The Morgan fingerprint density at radius 1 is 1.17 bits per heavy atom. The van der Waals surface area contributed by atoms with E-state index < -0.39 is 5.97 Å². The smallest absolute Gasteiger partial charge is 0.337 e. The molecule has 154 valence electrons. The van der Waals surface area contributed by atoms with Gasteiger partial charge in [0.15, 0.2) is 0 Å². The third-order valence-corrected chi connectivity index (χ3v) is 5.15. The first-order chi connectivity index (χ1) is 13.7. The molecule has 0 aliphatic carbocycles. The normalized spacial score (nSPS) is 11.7. The van der Waals surface area contributed by atoms with Crippen molar-refractivity contribution < 1.29 is 14.3 Å². The molecular weight excluding hydrogens is 408 g/mol. The molecule has 0 spiro atoms. The standard InChI is InChI=1S/C22H25ClN2O3S/c1-14(2)20(25(15(3)26)13-16-8-6-5-7-9-16)21(29)24-19-12-17(22(27)28-4)10-11-18(19)23/h5-12,14,20H,13H2,1-4H3,(H,24,29). The van der Waals surface area contributed by atoms with Crippen LogP contribution < -0.4 is 5.32 Å². The van der Waals surface area contributed by atoms with Crippen LogP contribution in [0.1, 0.15) is 36.7 Å². The summed E-state index contributed by atoms with van der Waals surface area (Å²) in [7, 11) is 1.32. The first-order valence-electron chi connectivity index (χ1n) is 9.24. The molecule has 1 unspecified atom stereocenters. The van der Waals surface area contributed by atoms with Crippen LogP contribution in [0.4, 0.5) is 5.69 Å². The van der Waals surface area contributed by atoms with Crippen LogP contribution in [0.2, 0.25) is 5.02 Å². The van der Waals surface area contributed by atoms with Gasteiger partial charge in [-0.05, 0) is 29.7 Å². The van der Waals surface area contributed by atoms with Crippen molar-refractivity contribution in [2.75, 3.05) is 12.4 Å². The van der Waals surface area contributed by atoms with Gasteiger partial charge < -0.3 is 15.0 Å². The molecule has 7 heteroatoms. The molecule has 0 saturated heterocycles. The van der Waals surface area contributed by atoms with Gasteiger partial charge in [-0.25, -0.2) is 4.79 Å². The number of nitrogens with zero attached hydrogens (tertiary/aromatic N) is 1. The van der Waals surface area contributed by atoms with E-state index in [1.807, 2.05) is 44.2 Å². The van der Waals surface area contributed by atoms with Gasteiger partial charge in [-0.15, -0.1) is 0 Å². The molecule has 29 heavy (non-hydrogen) atoms. The van der Waals surface area contributed by atoms with E-state index in [1.165, 1.54) is 14.0 Å². The van der Waals surface area contributed by atoms with E-state index in [2.05, 4.69) is 5.32 Å². The predicted octanol–water partition coefficient (Wildman–Crippen LogP) is 4.94. The van der Waals surface area contributed by atoms with E-state index in [9.17, 15) is 9.59 Å². The number of halogens is 1. The van der Waals surface area contributed by atoms with Crippen LogP contribution in [0.25, 0.3) is 0 Å². The molecule has 1 atom stereocenters. The number of esters is 1. The second-order valence-electron chi connectivity index (χ2n) is 7.00. The fourth-order valence-electron chi connectivity index (χ4n) is 3.06. The molecule has 1 N–H and O–H groups in total. The van der Waals surface area contributed by atoms with Gasteiger partial charge in [0.05, 0.1) is 29.4 Å². The number of carbonyl (C=O) groups excluding carboxylic acids is 2. The summed E-state index contributed by atoms with van der Waals surface area (Å²) in [6.45, 7) is 5.99. The average Bonchev–Trinajstić information content (AvgIpc) is 2.69. The van der Waals surface area contributed by atoms with Crippen molar-refractivity contribution in [3.05, 3.63) is 64.7 Å². The predicted molar refractivity (Wildman–Crippen MR) is 120 cm³/mol. The van der Waals surface area contributed by atoms with Crippen LogP contribution in [-0.4, -0.2) is 34.9 Å². The zero-order valence-corrected chi connectivity index (χ0v) is 18.5. The molecule has 0 heterocycles. The van der Waals surface area contributed by atoms with E-state index in [1.54, 1.807) is 23.1 Å². The number of hydrogen-bond acceptors (Lipinski definition) is 4. The Labute approximate surface area is 182 Å². The van der Waals surface area contributed by atoms with Gasteiger partial charge in [0.2, 0.25) is 5.91 Å². The molecule has 2 aromatic rings. The highest BCUT2D eigenvalue weighted by Gasteiger charge is 2.29. The Hall–Kier alpha value is -2.44. The largest absolute Gasteiger partial charge is 0.465 e. The van der Waals surface area contributed by atoms with Crippen LogP contribution in [0.5, 0.6) is 0 Å². The van der Waals surface area contributed by atoms with Gasteiger partial charge >= 0.3 is 5.97 Å². The number of amides is 1. The highest BCUT2D eigenvalue weighted by atomic mass is 35.5. The Bertz CT molecular complexity index is 887. The van der Waals surface area contributed by atoms with Gasteiger partial charge in [-0.1, -0.05) is 68.0 Å². The molecule has 0 bridgehead atoms. The fourth-order valence-corrected chi connectivity index (χ4v) is 3.74. The number of nitrogens with one attached hydrogen (secondary N) is 1. The highest BCUT2D eigenvalue weighted by Crippen LogP contribution is 2.26. The van der Waals surface area contributed by atoms with Gasteiger partial charge in [-0.3, -0.25) is 4.79 Å². The lowest BCUT2D eigenvalue weighted by atomic mass is 10.0. The lowest BCUT2D eigenvalue weighted by Crippen LogP contribution is -2.48. The van der Waals surface area contributed by atoms with E-state index in [0.29, 0.717) is 27.8 Å². The third kappa shape index (κ3) is 6.02. The van der Waals surface area contributed by atoms with Crippen LogP contribution in [-0.2, 0) is 16.1 Å². The second-order valence-corrected chi connectivity index (χ2v) is 7.84. The maximum atomic E-state index is 12.5. The quantitative estimate of drug-likeness (QED) is 0.496. The van der Waals surface area contributed by atoms with Gasteiger partial charge in [0.1, 0.15) is 4.99 Å². The SMILES string of the molecule is COC(=O)c1ccc(Cl)c(NC(=S)C(C(C)C)N(Cc2ccccc2)C(C)=O)c1. The van der Waals surface area contributed by atoms with E-state index in [0.717, 1.165) is 5.56 Å². The lowest BCUT2D eigenvalue weighted by Gasteiger charge is -2.34. The first kappa shape index (κ1) is 22.8. The molecule has 0 saturated carbocycles. The van der Waals surface area contributed by atoms with Crippen molar-refractivity contribution >= 4 is 46.4 Å². The Kier molecular flexibility index (Phi) is 8.17. The maximum absolute atomic E-state index is 12.5. The topological polar surface area (TPSA) is 58.6 Å². The summed E-state index contributed by atoms with van der Waals surface area (Å²) in [5.74, 6) is -0.484. The van der Waals surface area contributed by atoms with Crippen LogP contribution in [0.3, 0.4) is 0 Å². The van der Waals surface area contributed by atoms with Crippen LogP contribution in [0, 0.1) is 5.92 Å². The number of hydrogen-bond donors (Lipinski definition) is 1.